The molecule has 2 N–H and O–H groups in total. The monoisotopic (exact) mass is 248 g/mol. The third-order valence-electron chi connectivity index (χ3n) is 4.24. The summed E-state index contributed by atoms with van der Waals surface area (Å²) in [4.78, 5) is 2.36. The molecule has 0 bridgehead atoms. The van der Waals surface area contributed by atoms with Crippen LogP contribution in [0.15, 0.2) is 24.3 Å². The number of rotatable bonds is 5. The lowest BCUT2D eigenvalue weighted by Gasteiger charge is -2.36. The summed E-state index contributed by atoms with van der Waals surface area (Å²) in [6.07, 6.45) is 5.20. The van der Waals surface area contributed by atoms with Gasteiger partial charge in [0, 0.05) is 24.2 Å². The normalized spacial score (nSPS) is 18.4. The molecule has 0 saturated heterocycles. The van der Waals surface area contributed by atoms with E-state index in [2.05, 4.69) is 24.3 Å². The summed E-state index contributed by atoms with van der Waals surface area (Å²) < 4.78 is 0. The number of phenolic OH excluding ortho intramolecular Hbond substituents is 1. The Morgan fingerprint density at radius 2 is 1.89 bits per heavy atom. The average molecular weight is 248 g/mol. The highest BCUT2D eigenvalue weighted by Crippen LogP contribution is 2.33. The summed E-state index contributed by atoms with van der Waals surface area (Å²) >= 11 is 0. The van der Waals surface area contributed by atoms with E-state index in [1.807, 2.05) is 18.2 Å². The van der Waals surface area contributed by atoms with Crippen molar-refractivity contribution in [3.05, 3.63) is 29.8 Å². The van der Waals surface area contributed by atoms with Crippen LogP contribution >= 0.6 is 0 Å². The molecule has 1 saturated carbocycles. The summed E-state index contributed by atoms with van der Waals surface area (Å²) in [6.45, 7) is 1.73. The number of benzene rings is 1. The number of para-hydroxylation sites is 1. The number of aromatic hydroxyl groups is 1. The molecule has 1 aliphatic carbocycles. The molecule has 0 radical (unpaired) electrons. The lowest BCUT2D eigenvalue weighted by Crippen LogP contribution is -2.49. The lowest BCUT2D eigenvalue weighted by molar-refractivity contribution is 0.153. The Labute approximate surface area is 110 Å². The highest BCUT2D eigenvalue weighted by Gasteiger charge is 2.35. The van der Waals surface area contributed by atoms with Crippen molar-refractivity contribution in [2.75, 3.05) is 20.6 Å². The number of hydrogen-bond acceptors (Lipinski definition) is 3. The number of phenols is 1. The molecule has 1 aromatic rings. The van der Waals surface area contributed by atoms with Crippen molar-refractivity contribution in [1.29, 1.82) is 0 Å². The smallest absolute Gasteiger partial charge is 0.120 e. The third-order valence-corrected chi connectivity index (χ3v) is 4.24. The van der Waals surface area contributed by atoms with E-state index in [1.165, 1.54) is 25.7 Å². The summed E-state index contributed by atoms with van der Waals surface area (Å²) in [5.74, 6) is 0.385. The molecular formula is C15H24N2O. The maximum Gasteiger partial charge on any atom is 0.120 e. The van der Waals surface area contributed by atoms with Crippen molar-refractivity contribution in [3.8, 4) is 5.75 Å². The highest BCUT2D eigenvalue weighted by molar-refractivity contribution is 5.31. The molecule has 18 heavy (non-hydrogen) atoms. The fourth-order valence-electron chi connectivity index (χ4n) is 2.91. The second-order valence-electron chi connectivity index (χ2n) is 5.56. The summed E-state index contributed by atoms with van der Waals surface area (Å²) in [7, 11) is 4.35. The van der Waals surface area contributed by atoms with Crippen LogP contribution < -0.4 is 5.32 Å². The van der Waals surface area contributed by atoms with Gasteiger partial charge in [-0.1, -0.05) is 31.0 Å². The Bertz CT molecular complexity index is 384. The van der Waals surface area contributed by atoms with Gasteiger partial charge in [0.25, 0.3) is 0 Å². The second kappa shape index (κ2) is 5.72. The maximum atomic E-state index is 9.73. The van der Waals surface area contributed by atoms with Gasteiger partial charge in [0.1, 0.15) is 5.75 Å². The lowest BCUT2D eigenvalue weighted by atomic mass is 9.96. The van der Waals surface area contributed by atoms with E-state index >= 15 is 0 Å². The van der Waals surface area contributed by atoms with E-state index in [1.54, 1.807) is 6.07 Å². The van der Waals surface area contributed by atoms with Crippen molar-refractivity contribution in [2.24, 2.45) is 0 Å². The fraction of sp³-hybridized carbons (Fsp3) is 0.600. The van der Waals surface area contributed by atoms with E-state index in [4.69, 9.17) is 0 Å². The molecule has 100 valence electrons. The van der Waals surface area contributed by atoms with Gasteiger partial charge in [-0.15, -0.1) is 0 Å². The van der Waals surface area contributed by atoms with Crippen LogP contribution in [0.25, 0.3) is 0 Å². The quantitative estimate of drug-likeness (QED) is 0.839. The Balaban J connectivity index is 1.90. The zero-order valence-corrected chi connectivity index (χ0v) is 11.4. The van der Waals surface area contributed by atoms with Gasteiger partial charge in [-0.05, 0) is 33.0 Å². The average Bonchev–Trinajstić information content (AvgIpc) is 2.82. The first-order valence-corrected chi connectivity index (χ1v) is 6.79. The zero-order valence-electron chi connectivity index (χ0n) is 11.4. The third kappa shape index (κ3) is 2.85. The van der Waals surface area contributed by atoms with Crippen LogP contribution in [0.1, 0.15) is 31.2 Å². The van der Waals surface area contributed by atoms with Crippen LogP contribution in [0.2, 0.25) is 0 Å². The standard InChI is InChI=1S/C15H24N2O/c1-17(2)15(9-5-6-10-15)12-16-11-13-7-3-4-8-14(13)18/h3-4,7-8,16,18H,5-6,9-12H2,1-2H3. The first-order chi connectivity index (χ1) is 8.64. The van der Waals surface area contributed by atoms with Gasteiger partial charge < -0.3 is 15.3 Å². The number of nitrogens with one attached hydrogen (secondary N) is 1. The molecule has 0 aromatic heterocycles. The number of likely N-dealkylation sites (N-methyl/N-ethyl adjacent to an activating group) is 1. The van der Waals surface area contributed by atoms with Gasteiger partial charge in [0.05, 0.1) is 0 Å². The maximum absolute atomic E-state index is 9.73. The molecule has 1 aliphatic rings. The van der Waals surface area contributed by atoms with Gasteiger partial charge >= 0.3 is 0 Å². The molecule has 1 aromatic carbocycles. The Morgan fingerprint density at radius 1 is 1.22 bits per heavy atom. The molecule has 1 fully saturated rings. The van der Waals surface area contributed by atoms with Gasteiger partial charge in [0.15, 0.2) is 0 Å². The molecule has 2 rings (SSSR count). The zero-order chi connectivity index (χ0) is 13.0. The molecular weight excluding hydrogens is 224 g/mol. The van der Waals surface area contributed by atoms with Gasteiger partial charge in [0.2, 0.25) is 0 Å². The molecule has 0 atom stereocenters. The SMILES string of the molecule is CN(C)C1(CNCc2ccccc2O)CCCC1. The first kappa shape index (κ1) is 13.4. The number of hydrogen-bond donors (Lipinski definition) is 2. The van der Waals surface area contributed by atoms with Crippen LogP contribution in [-0.4, -0.2) is 36.2 Å². The molecule has 0 spiro atoms. The molecule has 0 aliphatic heterocycles. The summed E-state index contributed by atoms with van der Waals surface area (Å²) in [6, 6.07) is 7.54. The predicted octanol–water partition coefficient (Wildman–Crippen LogP) is 2.36. The van der Waals surface area contributed by atoms with E-state index < -0.39 is 0 Å². The minimum absolute atomic E-state index is 0.310. The number of nitrogens with zero attached hydrogens (tertiary/aromatic N) is 1. The van der Waals surface area contributed by atoms with Crippen LogP contribution in [0.5, 0.6) is 5.75 Å². The minimum Gasteiger partial charge on any atom is -0.508 e. The molecule has 0 unspecified atom stereocenters. The molecule has 3 nitrogen and oxygen atoms in total. The first-order valence-electron chi connectivity index (χ1n) is 6.79. The van der Waals surface area contributed by atoms with Crippen molar-refractivity contribution >= 4 is 0 Å². The second-order valence-corrected chi connectivity index (χ2v) is 5.56. The van der Waals surface area contributed by atoms with Crippen LogP contribution in [0, 0.1) is 0 Å². The van der Waals surface area contributed by atoms with Crippen molar-refractivity contribution in [2.45, 2.75) is 37.8 Å². The van der Waals surface area contributed by atoms with E-state index in [-0.39, 0.29) is 0 Å². The van der Waals surface area contributed by atoms with Gasteiger partial charge in [-0.25, -0.2) is 0 Å². The predicted molar refractivity (Wildman–Crippen MR) is 74.7 cm³/mol. The minimum atomic E-state index is 0.310. The molecule has 0 heterocycles. The van der Waals surface area contributed by atoms with E-state index in [9.17, 15) is 5.11 Å². The Hall–Kier alpha value is -1.06. The highest BCUT2D eigenvalue weighted by atomic mass is 16.3. The van der Waals surface area contributed by atoms with Crippen LogP contribution in [0.4, 0.5) is 0 Å². The molecule has 0 amide bonds. The summed E-state index contributed by atoms with van der Waals surface area (Å²) in [5, 5.41) is 13.2. The topological polar surface area (TPSA) is 35.5 Å². The Morgan fingerprint density at radius 3 is 2.50 bits per heavy atom. The van der Waals surface area contributed by atoms with E-state index in [0.717, 1.165) is 18.7 Å². The molecule has 3 heteroatoms. The largest absolute Gasteiger partial charge is 0.508 e. The fourth-order valence-corrected chi connectivity index (χ4v) is 2.91. The van der Waals surface area contributed by atoms with Gasteiger partial charge in [-0.2, -0.15) is 0 Å². The van der Waals surface area contributed by atoms with Crippen LogP contribution in [0.3, 0.4) is 0 Å². The van der Waals surface area contributed by atoms with Crippen LogP contribution in [-0.2, 0) is 6.54 Å². The van der Waals surface area contributed by atoms with Gasteiger partial charge in [-0.3, -0.25) is 0 Å². The Kier molecular flexibility index (Phi) is 4.25. The van der Waals surface area contributed by atoms with Crippen molar-refractivity contribution in [1.82, 2.24) is 10.2 Å². The van der Waals surface area contributed by atoms with Crippen molar-refractivity contribution < 1.29 is 5.11 Å². The van der Waals surface area contributed by atoms with E-state index in [0.29, 0.717) is 11.3 Å². The van der Waals surface area contributed by atoms with Crippen molar-refractivity contribution in [3.63, 3.8) is 0 Å². The summed E-state index contributed by atoms with van der Waals surface area (Å²) in [5.41, 5.74) is 1.29.